The second-order valence-electron chi connectivity index (χ2n) is 7.83. The molecule has 2 aromatic heterocycles. The maximum atomic E-state index is 12.8. The van der Waals surface area contributed by atoms with Crippen LogP contribution in [0.5, 0.6) is 0 Å². The molecule has 4 heterocycles. The van der Waals surface area contributed by atoms with Gasteiger partial charge >= 0.3 is 0 Å². The SMILES string of the molecule is O=C(Cc1ccsc1)N1CCC[C@@]2(CCC(=O)N(Cc3ccncc3)C2)C1. The second kappa shape index (κ2) is 7.80. The fourth-order valence-electron chi connectivity index (χ4n) is 4.39. The van der Waals surface area contributed by atoms with Gasteiger partial charge in [0.25, 0.3) is 0 Å². The van der Waals surface area contributed by atoms with Crippen LogP contribution in [0.4, 0.5) is 0 Å². The third kappa shape index (κ3) is 4.21. The third-order valence-electron chi connectivity index (χ3n) is 5.82. The molecule has 2 aromatic rings. The molecule has 2 saturated heterocycles. The Morgan fingerprint density at radius 1 is 1.15 bits per heavy atom. The van der Waals surface area contributed by atoms with E-state index in [9.17, 15) is 9.59 Å². The van der Waals surface area contributed by atoms with Crippen LogP contribution in [-0.4, -0.2) is 46.2 Å². The molecule has 0 bridgehead atoms. The molecule has 142 valence electrons. The minimum absolute atomic E-state index is 0.0451. The monoisotopic (exact) mass is 383 g/mol. The number of pyridine rings is 1. The number of rotatable bonds is 4. The van der Waals surface area contributed by atoms with E-state index in [0.29, 0.717) is 19.4 Å². The lowest BCUT2D eigenvalue weighted by molar-refractivity contribution is -0.143. The van der Waals surface area contributed by atoms with Crippen molar-refractivity contribution in [2.45, 2.75) is 38.6 Å². The number of nitrogens with zero attached hydrogens (tertiary/aromatic N) is 3. The summed E-state index contributed by atoms with van der Waals surface area (Å²) in [6.07, 6.45) is 7.61. The number of thiophene rings is 1. The van der Waals surface area contributed by atoms with Crippen LogP contribution >= 0.6 is 11.3 Å². The quantitative estimate of drug-likeness (QED) is 0.815. The van der Waals surface area contributed by atoms with Crippen molar-refractivity contribution < 1.29 is 9.59 Å². The van der Waals surface area contributed by atoms with Crippen molar-refractivity contribution in [2.24, 2.45) is 5.41 Å². The summed E-state index contributed by atoms with van der Waals surface area (Å²) in [5.41, 5.74) is 2.25. The van der Waals surface area contributed by atoms with Gasteiger partial charge in [0.1, 0.15) is 0 Å². The van der Waals surface area contributed by atoms with Crippen LogP contribution in [0.25, 0.3) is 0 Å². The average Bonchev–Trinajstić information content (AvgIpc) is 3.19. The van der Waals surface area contributed by atoms with Gasteiger partial charge in [-0.1, -0.05) is 0 Å². The predicted molar refractivity (Wildman–Crippen MR) is 105 cm³/mol. The molecule has 5 nitrogen and oxygen atoms in total. The highest BCUT2D eigenvalue weighted by Crippen LogP contribution is 2.39. The Morgan fingerprint density at radius 3 is 2.78 bits per heavy atom. The van der Waals surface area contributed by atoms with Gasteiger partial charge in [0.2, 0.25) is 11.8 Å². The highest BCUT2D eigenvalue weighted by atomic mass is 32.1. The standard InChI is InChI=1S/C21H25N3O2S/c25-19-2-7-21(16-24(19)13-17-3-8-22-9-4-17)6-1-10-23(15-21)20(26)12-18-5-11-27-14-18/h3-5,8-9,11,14H,1-2,6-7,10,12-13,15-16H2/t21-/m1/s1. The molecule has 0 saturated carbocycles. The van der Waals surface area contributed by atoms with Crippen LogP contribution < -0.4 is 0 Å². The molecule has 2 aliphatic heterocycles. The Balaban J connectivity index is 1.43. The Labute approximate surface area is 164 Å². The summed E-state index contributed by atoms with van der Waals surface area (Å²) in [6, 6.07) is 5.95. The molecule has 27 heavy (non-hydrogen) atoms. The Morgan fingerprint density at radius 2 is 2.00 bits per heavy atom. The number of piperidine rings is 2. The van der Waals surface area contributed by atoms with Gasteiger partial charge in [-0.3, -0.25) is 14.6 Å². The van der Waals surface area contributed by atoms with Gasteiger partial charge in [-0.05, 0) is 59.3 Å². The van der Waals surface area contributed by atoms with Crippen LogP contribution in [0, 0.1) is 5.41 Å². The van der Waals surface area contributed by atoms with Gasteiger partial charge < -0.3 is 9.80 Å². The van der Waals surface area contributed by atoms with E-state index in [-0.39, 0.29) is 17.2 Å². The topological polar surface area (TPSA) is 53.5 Å². The van der Waals surface area contributed by atoms with Crippen LogP contribution in [-0.2, 0) is 22.6 Å². The minimum atomic E-state index is 0.0451. The number of hydrogen-bond acceptors (Lipinski definition) is 4. The Bertz CT molecular complexity index is 793. The predicted octanol–water partition coefficient (Wildman–Crippen LogP) is 3.12. The van der Waals surface area contributed by atoms with Crippen LogP contribution in [0.3, 0.4) is 0 Å². The fraction of sp³-hybridized carbons (Fsp3) is 0.476. The molecular weight excluding hydrogens is 358 g/mol. The summed E-state index contributed by atoms with van der Waals surface area (Å²) in [5, 5.41) is 4.07. The summed E-state index contributed by atoms with van der Waals surface area (Å²) in [7, 11) is 0. The van der Waals surface area contributed by atoms with Crippen LogP contribution in [0.1, 0.15) is 36.8 Å². The van der Waals surface area contributed by atoms with E-state index in [0.717, 1.165) is 50.0 Å². The number of likely N-dealkylation sites (tertiary alicyclic amines) is 2. The van der Waals surface area contributed by atoms with Gasteiger partial charge in [0.15, 0.2) is 0 Å². The molecule has 0 unspecified atom stereocenters. The molecular formula is C21H25N3O2S. The second-order valence-corrected chi connectivity index (χ2v) is 8.61. The molecule has 2 fully saturated rings. The number of aromatic nitrogens is 1. The van der Waals surface area contributed by atoms with E-state index in [1.807, 2.05) is 38.8 Å². The number of amides is 2. The summed E-state index contributed by atoms with van der Waals surface area (Å²) in [4.78, 5) is 33.3. The fourth-order valence-corrected chi connectivity index (χ4v) is 5.06. The van der Waals surface area contributed by atoms with Gasteiger partial charge in [0, 0.05) is 50.4 Å². The van der Waals surface area contributed by atoms with E-state index in [1.165, 1.54) is 0 Å². The largest absolute Gasteiger partial charge is 0.342 e. The van der Waals surface area contributed by atoms with E-state index in [2.05, 4.69) is 4.98 Å². The number of hydrogen-bond donors (Lipinski definition) is 0. The average molecular weight is 384 g/mol. The van der Waals surface area contributed by atoms with Crippen molar-refractivity contribution >= 4 is 23.2 Å². The maximum Gasteiger partial charge on any atom is 0.227 e. The molecule has 0 aromatic carbocycles. The normalized spacial score (nSPS) is 23.0. The summed E-state index contributed by atoms with van der Waals surface area (Å²) < 4.78 is 0. The van der Waals surface area contributed by atoms with Crippen molar-refractivity contribution in [3.63, 3.8) is 0 Å². The zero-order chi connectivity index (χ0) is 18.7. The molecule has 0 radical (unpaired) electrons. The molecule has 6 heteroatoms. The Hall–Kier alpha value is -2.21. The number of carbonyl (C=O) groups is 2. The summed E-state index contributed by atoms with van der Waals surface area (Å²) >= 11 is 1.63. The van der Waals surface area contributed by atoms with Gasteiger partial charge in [-0.25, -0.2) is 0 Å². The summed E-state index contributed by atoms with van der Waals surface area (Å²) in [5.74, 6) is 0.434. The van der Waals surface area contributed by atoms with Crippen LogP contribution in [0.15, 0.2) is 41.4 Å². The van der Waals surface area contributed by atoms with Gasteiger partial charge in [-0.15, -0.1) is 0 Å². The smallest absolute Gasteiger partial charge is 0.227 e. The molecule has 4 rings (SSSR count). The zero-order valence-corrected chi connectivity index (χ0v) is 16.3. The lowest BCUT2D eigenvalue weighted by atomic mass is 9.73. The van der Waals surface area contributed by atoms with Crippen molar-refractivity contribution in [2.75, 3.05) is 19.6 Å². The van der Waals surface area contributed by atoms with Crippen molar-refractivity contribution in [3.8, 4) is 0 Å². The third-order valence-corrected chi connectivity index (χ3v) is 6.55. The number of carbonyl (C=O) groups excluding carboxylic acids is 2. The molecule has 2 amide bonds. The van der Waals surface area contributed by atoms with Crippen molar-refractivity contribution in [1.29, 1.82) is 0 Å². The first-order valence-electron chi connectivity index (χ1n) is 9.59. The van der Waals surface area contributed by atoms with E-state index < -0.39 is 0 Å². The molecule has 2 aliphatic rings. The first-order chi connectivity index (χ1) is 13.1. The molecule has 0 N–H and O–H groups in total. The molecule has 1 atom stereocenters. The minimum Gasteiger partial charge on any atom is -0.342 e. The van der Waals surface area contributed by atoms with Crippen molar-refractivity contribution in [1.82, 2.24) is 14.8 Å². The maximum absolute atomic E-state index is 12.8. The van der Waals surface area contributed by atoms with Gasteiger partial charge in [0.05, 0.1) is 6.42 Å². The van der Waals surface area contributed by atoms with Crippen molar-refractivity contribution in [3.05, 3.63) is 52.5 Å². The molecule has 0 aliphatic carbocycles. The van der Waals surface area contributed by atoms with Gasteiger partial charge in [-0.2, -0.15) is 11.3 Å². The first kappa shape index (κ1) is 18.2. The summed E-state index contributed by atoms with van der Waals surface area (Å²) in [6.45, 7) is 2.99. The van der Waals surface area contributed by atoms with E-state index in [1.54, 1.807) is 23.7 Å². The highest BCUT2D eigenvalue weighted by molar-refractivity contribution is 7.08. The lowest BCUT2D eigenvalue weighted by Gasteiger charge is -2.48. The lowest BCUT2D eigenvalue weighted by Crippen LogP contribution is -2.55. The van der Waals surface area contributed by atoms with Crippen LogP contribution in [0.2, 0.25) is 0 Å². The first-order valence-corrected chi connectivity index (χ1v) is 10.5. The zero-order valence-electron chi connectivity index (χ0n) is 15.5. The molecule has 1 spiro atoms. The Kier molecular flexibility index (Phi) is 5.25. The van der Waals surface area contributed by atoms with E-state index in [4.69, 9.17) is 0 Å². The highest BCUT2D eigenvalue weighted by Gasteiger charge is 2.42. The van der Waals surface area contributed by atoms with E-state index >= 15 is 0 Å².